The second-order valence-corrected chi connectivity index (χ2v) is 6.72. The number of carbonyl (C=O) groups excluding carboxylic acids is 1. The molecule has 1 amide bonds. The van der Waals surface area contributed by atoms with E-state index in [0.717, 1.165) is 39.1 Å². The maximum absolute atomic E-state index is 12.3. The number of carbonyl (C=O) groups is 1. The average molecular weight is 300 g/mol. The molecule has 22 heavy (non-hydrogen) atoms. The average Bonchev–Trinajstić information content (AvgIpc) is 3.13. The number of rotatable bonds is 3. The first kappa shape index (κ1) is 14.2. The molecule has 0 spiro atoms. The number of nitrogens with zero attached hydrogens (tertiary/aromatic N) is 1. The van der Waals surface area contributed by atoms with E-state index in [9.17, 15) is 4.79 Å². The van der Waals surface area contributed by atoms with Crippen LogP contribution in [0.3, 0.4) is 0 Å². The third-order valence-electron chi connectivity index (χ3n) is 5.24. The van der Waals surface area contributed by atoms with Gasteiger partial charge < -0.3 is 10.1 Å². The van der Waals surface area contributed by atoms with Crippen LogP contribution in [0.4, 0.5) is 0 Å². The van der Waals surface area contributed by atoms with E-state index >= 15 is 0 Å². The minimum atomic E-state index is 0.153. The minimum absolute atomic E-state index is 0.153. The Hall–Kier alpha value is -1.39. The molecule has 1 aromatic rings. The zero-order chi connectivity index (χ0) is 14.9. The fourth-order valence-electron chi connectivity index (χ4n) is 4.04. The van der Waals surface area contributed by atoms with Crippen LogP contribution in [0.15, 0.2) is 12.1 Å². The van der Waals surface area contributed by atoms with E-state index in [1.165, 1.54) is 36.0 Å². The zero-order valence-corrected chi connectivity index (χ0v) is 13.1. The number of morpholine rings is 1. The standard InChI is InChI=1S/C18H24N2O2/c21-18(12-20-6-8-22-9-7-20)19-17-5-4-15-10-13-2-1-3-14(13)11-16(15)17/h10-11,17H,1-9,12H2,(H,19,21). The molecule has 1 N–H and O–H groups in total. The smallest absolute Gasteiger partial charge is 0.234 e. The van der Waals surface area contributed by atoms with Crippen molar-refractivity contribution in [1.29, 1.82) is 0 Å². The lowest BCUT2D eigenvalue weighted by molar-refractivity contribution is -0.124. The molecule has 3 aliphatic rings. The lowest BCUT2D eigenvalue weighted by atomic mass is 10.0. The largest absolute Gasteiger partial charge is 0.379 e. The summed E-state index contributed by atoms with van der Waals surface area (Å²) < 4.78 is 5.33. The van der Waals surface area contributed by atoms with Gasteiger partial charge in [0.1, 0.15) is 0 Å². The minimum Gasteiger partial charge on any atom is -0.379 e. The summed E-state index contributed by atoms with van der Waals surface area (Å²) in [5.41, 5.74) is 5.88. The summed E-state index contributed by atoms with van der Waals surface area (Å²) in [6.45, 7) is 3.71. The van der Waals surface area contributed by atoms with Crippen LogP contribution in [-0.2, 0) is 28.8 Å². The van der Waals surface area contributed by atoms with Crippen molar-refractivity contribution in [2.24, 2.45) is 0 Å². The van der Waals surface area contributed by atoms with E-state index < -0.39 is 0 Å². The first-order valence-electron chi connectivity index (χ1n) is 8.53. The van der Waals surface area contributed by atoms with Crippen LogP contribution in [0.1, 0.15) is 41.1 Å². The molecule has 0 saturated carbocycles. The molecule has 1 aliphatic heterocycles. The Morgan fingerprint density at radius 2 is 1.91 bits per heavy atom. The SMILES string of the molecule is O=C(CN1CCOCC1)NC1CCc2cc3c(cc21)CCC3. The quantitative estimate of drug-likeness (QED) is 0.922. The van der Waals surface area contributed by atoms with Gasteiger partial charge in [-0.25, -0.2) is 0 Å². The fourth-order valence-corrected chi connectivity index (χ4v) is 4.04. The monoisotopic (exact) mass is 300 g/mol. The van der Waals surface area contributed by atoms with Gasteiger partial charge >= 0.3 is 0 Å². The predicted molar refractivity (Wildman–Crippen MR) is 84.9 cm³/mol. The van der Waals surface area contributed by atoms with Crippen LogP contribution in [0.25, 0.3) is 0 Å². The number of hydrogen-bond donors (Lipinski definition) is 1. The zero-order valence-electron chi connectivity index (χ0n) is 13.1. The molecule has 2 aliphatic carbocycles. The van der Waals surface area contributed by atoms with Gasteiger partial charge in [0.15, 0.2) is 0 Å². The highest BCUT2D eigenvalue weighted by molar-refractivity contribution is 5.78. The second kappa shape index (κ2) is 6.01. The van der Waals surface area contributed by atoms with E-state index in [0.29, 0.717) is 6.54 Å². The van der Waals surface area contributed by atoms with Crippen LogP contribution in [0.2, 0.25) is 0 Å². The van der Waals surface area contributed by atoms with Gasteiger partial charge in [-0.2, -0.15) is 0 Å². The summed E-state index contributed by atoms with van der Waals surface area (Å²) in [5, 5.41) is 3.25. The van der Waals surface area contributed by atoms with E-state index in [-0.39, 0.29) is 11.9 Å². The van der Waals surface area contributed by atoms with Crippen LogP contribution in [0, 0.1) is 0 Å². The summed E-state index contributed by atoms with van der Waals surface area (Å²) >= 11 is 0. The molecule has 118 valence electrons. The van der Waals surface area contributed by atoms with Gasteiger partial charge in [-0.1, -0.05) is 12.1 Å². The molecule has 1 fully saturated rings. The third-order valence-corrected chi connectivity index (χ3v) is 5.24. The van der Waals surface area contributed by atoms with Crippen molar-refractivity contribution in [3.63, 3.8) is 0 Å². The summed E-state index contributed by atoms with van der Waals surface area (Å²) in [6, 6.07) is 4.98. The van der Waals surface area contributed by atoms with E-state index in [2.05, 4.69) is 22.3 Å². The molecule has 1 saturated heterocycles. The van der Waals surface area contributed by atoms with Crippen molar-refractivity contribution in [3.8, 4) is 0 Å². The number of nitrogens with one attached hydrogen (secondary N) is 1. The third kappa shape index (κ3) is 2.77. The highest BCUT2D eigenvalue weighted by atomic mass is 16.5. The molecule has 0 bridgehead atoms. The highest BCUT2D eigenvalue weighted by Crippen LogP contribution is 2.35. The van der Waals surface area contributed by atoms with Crippen molar-refractivity contribution >= 4 is 5.91 Å². The molecule has 0 aromatic heterocycles. The van der Waals surface area contributed by atoms with Crippen molar-refractivity contribution in [3.05, 3.63) is 34.4 Å². The molecule has 1 unspecified atom stereocenters. The van der Waals surface area contributed by atoms with Crippen LogP contribution >= 0.6 is 0 Å². The van der Waals surface area contributed by atoms with Crippen molar-refractivity contribution in [2.45, 2.75) is 38.1 Å². The summed E-state index contributed by atoms with van der Waals surface area (Å²) in [7, 11) is 0. The number of hydrogen-bond acceptors (Lipinski definition) is 3. The van der Waals surface area contributed by atoms with E-state index in [1.54, 1.807) is 5.56 Å². The number of amides is 1. The number of aryl methyl sites for hydroxylation is 3. The molecule has 4 heteroatoms. The topological polar surface area (TPSA) is 41.6 Å². The summed E-state index contributed by atoms with van der Waals surface area (Å²) in [5.74, 6) is 0.153. The maximum atomic E-state index is 12.3. The number of ether oxygens (including phenoxy) is 1. The van der Waals surface area contributed by atoms with E-state index in [4.69, 9.17) is 4.74 Å². The lowest BCUT2D eigenvalue weighted by Crippen LogP contribution is -2.43. The molecule has 1 heterocycles. The number of benzene rings is 1. The Balaban J connectivity index is 1.41. The van der Waals surface area contributed by atoms with Crippen molar-refractivity contribution in [1.82, 2.24) is 10.2 Å². The van der Waals surface area contributed by atoms with Crippen LogP contribution in [-0.4, -0.2) is 43.7 Å². The lowest BCUT2D eigenvalue weighted by Gasteiger charge is -2.26. The van der Waals surface area contributed by atoms with Gasteiger partial charge in [-0.3, -0.25) is 9.69 Å². The molecule has 1 atom stereocenters. The summed E-state index contributed by atoms with van der Waals surface area (Å²) in [6.07, 6.45) is 5.87. The first-order valence-corrected chi connectivity index (χ1v) is 8.53. The van der Waals surface area contributed by atoms with Gasteiger partial charge in [0.2, 0.25) is 5.91 Å². The van der Waals surface area contributed by atoms with Crippen LogP contribution < -0.4 is 5.32 Å². The molecule has 4 rings (SSSR count). The molecular formula is C18H24N2O2. The van der Waals surface area contributed by atoms with Gasteiger partial charge in [-0.15, -0.1) is 0 Å². The molecule has 1 aromatic carbocycles. The normalized spacial score (nSPS) is 24.1. The molecule has 0 radical (unpaired) electrons. The van der Waals surface area contributed by atoms with Gasteiger partial charge in [0.05, 0.1) is 25.8 Å². The Labute approximate surface area is 131 Å². The predicted octanol–water partition coefficient (Wildman–Crippen LogP) is 1.61. The van der Waals surface area contributed by atoms with E-state index in [1.807, 2.05) is 0 Å². The highest BCUT2D eigenvalue weighted by Gasteiger charge is 2.27. The van der Waals surface area contributed by atoms with Gasteiger partial charge in [0, 0.05) is 13.1 Å². The Morgan fingerprint density at radius 3 is 2.73 bits per heavy atom. The van der Waals surface area contributed by atoms with Crippen LogP contribution in [0.5, 0.6) is 0 Å². The van der Waals surface area contributed by atoms with Crippen molar-refractivity contribution in [2.75, 3.05) is 32.8 Å². The Morgan fingerprint density at radius 1 is 1.14 bits per heavy atom. The first-order chi connectivity index (χ1) is 10.8. The molecule has 4 nitrogen and oxygen atoms in total. The van der Waals surface area contributed by atoms with Crippen molar-refractivity contribution < 1.29 is 9.53 Å². The fraction of sp³-hybridized carbons (Fsp3) is 0.611. The summed E-state index contributed by atoms with van der Waals surface area (Å²) in [4.78, 5) is 14.5. The van der Waals surface area contributed by atoms with Gasteiger partial charge in [-0.05, 0) is 54.4 Å². The van der Waals surface area contributed by atoms with Gasteiger partial charge in [0.25, 0.3) is 0 Å². The maximum Gasteiger partial charge on any atom is 0.234 e. The molecular weight excluding hydrogens is 276 g/mol. The second-order valence-electron chi connectivity index (χ2n) is 6.72. The Kier molecular flexibility index (Phi) is 3.89. The number of fused-ring (bicyclic) bond motifs is 2. The Bertz CT molecular complexity index is 579.